The van der Waals surface area contributed by atoms with E-state index in [9.17, 15) is 18.3 Å². The fraction of sp³-hybridized carbons (Fsp3) is 0.130. The molecular weight excluding hydrogens is 379 g/mol. The number of ether oxygens (including phenoxy) is 1. The Hall–Kier alpha value is -3.25. The molecule has 0 aliphatic rings. The third-order valence-corrected chi connectivity index (χ3v) is 4.65. The van der Waals surface area contributed by atoms with Crippen LogP contribution in [0.1, 0.15) is 11.3 Å². The first-order valence-electron chi connectivity index (χ1n) is 8.98. The van der Waals surface area contributed by atoms with Crippen LogP contribution in [0.25, 0.3) is 22.0 Å². The zero-order valence-electron chi connectivity index (χ0n) is 15.3. The summed E-state index contributed by atoms with van der Waals surface area (Å²) in [6, 6.07) is 24.6. The third-order valence-electron chi connectivity index (χ3n) is 4.65. The Kier molecular flexibility index (Phi) is 5.03. The number of nitrogens with zero attached hydrogens (tertiary/aromatic N) is 1. The van der Waals surface area contributed by atoms with Gasteiger partial charge in [0.15, 0.2) is 0 Å². The van der Waals surface area contributed by atoms with Gasteiger partial charge in [-0.05, 0) is 41.0 Å². The van der Waals surface area contributed by atoms with E-state index < -0.39 is 6.36 Å². The van der Waals surface area contributed by atoms with Crippen LogP contribution in [0, 0.1) is 6.07 Å². The molecule has 4 aromatic rings. The van der Waals surface area contributed by atoms with Gasteiger partial charge < -0.3 is 14.4 Å². The molecule has 0 saturated carbocycles. The quantitative estimate of drug-likeness (QED) is 0.480. The highest BCUT2D eigenvalue weighted by Gasteiger charge is 2.30. The standard InChI is InChI=1S/C23H17F3NO2/c24-23(25,26)29-21-9-6-17(7-10-21)18-8-11-22-19(12-18)13-20(15-28)27(22)14-16-4-2-1-3-5-16/h1-12,28H,14-15H2. The lowest BCUT2D eigenvalue weighted by molar-refractivity contribution is -0.274. The van der Waals surface area contributed by atoms with Crippen molar-refractivity contribution in [3.05, 3.63) is 90.1 Å². The average Bonchev–Trinajstić information content (AvgIpc) is 3.05. The van der Waals surface area contributed by atoms with Crippen LogP contribution in [-0.4, -0.2) is 16.0 Å². The van der Waals surface area contributed by atoms with Crippen molar-refractivity contribution in [1.29, 1.82) is 0 Å². The van der Waals surface area contributed by atoms with Crippen molar-refractivity contribution < 1.29 is 23.0 Å². The molecule has 0 fully saturated rings. The van der Waals surface area contributed by atoms with E-state index in [-0.39, 0.29) is 12.4 Å². The highest BCUT2D eigenvalue weighted by molar-refractivity contribution is 5.86. The van der Waals surface area contributed by atoms with Gasteiger partial charge in [0.05, 0.1) is 12.3 Å². The molecule has 1 heterocycles. The molecule has 0 saturated heterocycles. The summed E-state index contributed by atoms with van der Waals surface area (Å²) in [6.45, 7) is 0.472. The number of rotatable bonds is 5. The van der Waals surface area contributed by atoms with Crippen molar-refractivity contribution in [2.24, 2.45) is 0 Å². The monoisotopic (exact) mass is 396 g/mol. The first kappa shape index (κ1) is 19.1. The lowest BCUT2D eigenvalue weighted by atomic mass is 10.0. The summed E-state index contributed by atoms with van der Waals surface area (Å²) in [7, 11) is 0. The third kappa shape index (κ3) is 4.27. The molecule has 0 aliphatic heterocycles. The predicted octanol–water partition coefficient (Wildman–Crippen LogP) is 5.55. The van der Waals surface area contributed by atoms with Crippen LogP contribution in [-0.2, 0) is 13.2 Å². The summed E-state index contributed by atoms with van der Waals surface area (Å²) in [6.07, 6.45) is -4.71. The van der Waals surface area contributed by atoms with E-state index in [1.54, 1.807) is 12.1 Å². The van der Waals surface area contributed by atoms with Crippen LogP contribution >= 0.6 is 0 Å². The van der Waals surface area contributed by atoms with E-state index >= 15 is 0 Å². The van der Waals surface area contributed by atoms with Gasteiger partial charge in [-0.3, -0.25) is 0 Å². The van der Waals surface area contributed by atoms with Gasteiger partial charge in [0.1, 0.15) is 5.75 Å². The first-order chi connectivity index (χ1) is 13.9. The second-order valence-electron chi connectivity index (χ2n) is 6.61. The molecule has 1 aromatic heterocycles. The Labute approximate surface area is 165 Å². The Morgan fingerprint density at radius 1 is 0.897 bits per heavy atom. The second kappa shape index (κ2) is 7.64. The van der Waals surface area contributed by atoms with Crippen LogP contribution in [0.15, 0.2) is 72.8 Å². The number of halogens is 3. The molecule has 4 rings (SSSR count). The van der Waals surface area contributed by atoms with Crippen molar-refractivity contribution >= 4 is 10.9 Å². The summed E-state index contributed by atoms with van der Waals surface area (Å²) in [5, 5.41) is 10.6. The van der Waals surface area contributed by atoms with E-state index in [0.717, 1.165) is 27.6 Å². The van der Waals surface area contributed by atoms with E-state index in [1.165, 1.54) is 12.1 Å². The van der Waals surface area contributed by atoms with Crippen molar-refractivity contribution in [3.63, 3.8) is 0 Å². The molecule has 0 aliphatic carbocycles. The number of benzene rings is 3. The van der Waals surface area contributed by atoms with E-state index in [1.807, 2.05) is 53.1 Å². The van der Waals surface area contributed by atoms with Gasteiger partial charge in [0, 0.05) is 23.5 Å². The van der Waals surface area contributed by atoms with Crippen LogP contribution < -0.4 is 4.74 Å². The molecule has 3 aromatic carbocycles. The predicted molar refractivity (Wildman–Crippen MR) is 104 cm³/mol. The Balaban J connectivity index is 1.66. The van der Waals surface area contributed by atoms with E-state index in [0.29, 0.717) is 12.2 Å². The molecule has 6 heteroatoms. The van der Waals surface area contributed by atoms with Crippen LogP contribution in [0.5, 0.6) is 5.75 Å². The van der Waals surface area contributed by atoms with Crippen molar-refractivity contribution in [1.82, 2.24) is 4.57 Å². The lowest BCUT2D eigenvalue weighted by Gasteiger charge is -2.11. The minimum atomic E-state index is -4.71. The fourth-order valence-electron chi connectivity index (χ4n) is 3.34. The second-order valence-corrected chi connectivity index (χ2v) is 6.61. The minimum Gasteiger partial charge on any atom is -0.406 e. The summed E-state index contributed by atoms with van der Waals surface area (Å²) < 4.78 is 42.9. The highest BCUT2D eigenvalue weighted by Crippen LogP contribution is 2.30. The maximum absolute atomic E-state index is 12.3. The summed E-state index contributed by atoms with van der Waals surface area (Å²) in [4.78, 5) is 0. The highest BCUT2D eigenvalue weighted by atomic mass is 19.4. The molecule has 0 unspecified atom stereocenters. The number of aliphatic hydroxyl groups is 1. The molecule has 0 atom stereocenters. The zero-order chi connectivity index (χ0) is 20.4. The SMILES string of the molecule is OCc1[c]c2cc(-c3ccc(OC(F)(F)F)cc3)ccc2n1Cc1ccccc1. The van der Waals surface area contributed by atoms with Crippen molar-refractivity contribution in [3.8, 4) is 16.9 Å². The molecule has 1 radical (unpaired) electrons. The largest absolute Gasteiger partial charge is 0.573 e. The molecule has 29 heavy (non-hydrogen) atoms. The normalized spacial score (nSPS) is 11.7. The Morgan fingerprint density at radius 2 is 1.59 bits per heavy atom. The number of hydrogen-bond acceptors (Lipinski definition) is 2. The molecular formula is C23H17F3NO2. The van der Waals surface area contributed by atoms with Gasteiger partial charge in [-0.1, -0.05) is 48.5 Å². The lowest BCUT2D eigenvalue weighted by Crippen LogP contribution is -2.16. The van der Waals surface area contributed by atoms with Gasteiger partial charge >= 0.3 is 6.36 Å². The molecule has 3 nitrogen and oxygen atoms in total. The fourth-order valence-corrected chi connectivity index (χ4v) is 3.34. The summed E-state index contributed by atoms with van der Waals surface area (Å²) >= 11 is 0. The number of hydrogen-bond donors (Lipinski definition) is 1. The maximum atomic E-state index is 12.3. The van der Waals surface area contributed by atoms with Gasteiger partial charge in [-0.15, -0.1) is 13.2 Å². The van der Waals surface area contributed by atoms with Crippen LogP contribution in [0.2, 0.25) is 0 Å². The molecule has 147 valence electrons. The van der Waals surface area contributed by atoms with Crippen LogP contribution in [0.4, 0.5) is 13.2 Å². The van der Waals surface area contributed by atoms with Gasteiger partial charge in [-0.2, -0.15) is 0 Å². The number of aliphatic hydroxyl groups excluding tert-OH is 1. The minimum absolute atomic E-state index is 0.139. The number of fused-ring (bicyclic) bond motifs is 1. The van der Waals surface area contributed by atoms with E-state index in [4.69, 9.17) is 0 Å². The Bertz CT molecular complexity index is 1120. The summed E-state index contributed by atoms with van der Waals surface area (Å²) in [5.74, 6) is -0.259. The van der Waals surface area contributed by atoms with Crippen molar-refractivity contribution in [2.75, 3.05) is 0 Å². The maximum Gasteiger partial charge on any atom is 0.573 e. The molecule has 0 bridgehead atoms. The average molecular weight is 396 g/mol. The molecule has 0 amide bonds. The first-order valence-corrected chi connectivity index (χ1v) is 8.98. The zero-order valence-corrected chi connectivity index (χ0v) is 15.3. The van der Waals surface area contributed by atoms with Gasteiger partial charge in [0.25, 0.3) is 0 Å². The number of alkyl halides is 3. The Morgan fingerprint density at radius 3 is 2.24 bits per heavy atom. The smallest absolute Gasteiger partial charge is 0.406 e. The topological polar surface area (TPSA) is 34.4 Å². The van der Waals surface area contributed by atoms with E-state index in [2.05, 4.69) is 10.8 Å². The van der Waals surface area contributed by atoms with Gasteiger partial charge in [0.2, 0.25) is 0 Å². The van der Waals surface area contributed by atoms with Crippen LogP contribution in [0.3, 0.4) is 0 Å². The van der Waals surface area contributed by atoms with Crippen molar-refractivity contribution in [2.45, 2.75) is 19.5 Å². The molecule has 1 N–H and O–H groups in total. The summed E-state index contributed by atoms with van der Waals surface area (Å²) in [5.41, 5.74) is 4.32. The molecule has 0 spiro atoms. The van der Waals surface area contributed by atoms with Gasteiger partial charge in [-0.25, -0.2) is 0 Å². The number of aromatic nitrogens is 1.